The maximum absolute atomic E-state index is 10.4. The van der Waals surface area contributed by atoms with Crippen molar-refractivity contribution in [2.24, 2.45) is 0 Å². The number of rotatable bonds is 2. The number of aliphatic carboxylic acids is 1. The number of halogens is 1. The molecule has 0 amide bonds. The van der Waals surface area contributed by atoms with Gasteiger partial charge < -0.3 is 5.11 Å². The summed E-state index contributed by atoms with van der Waals surface area (Å²) in [5.74, 6) is -1.88. The van der Waals surface area contributed by atoms with Crippen molar-refractivity contribution >= 4 is 21.9 Å². The molecule has 1 atom stereocenters. The van der Waals surface area contributed by atoms with E-state index in [0.717, 1.165) is 0 Å². The first-order chi connectivity index (χ1) is 5.44. The van der Waals surface area contributed by atoms with Crippen molar-refractivity contribution in [3.8, 4) is 0 Å². The first kappa shape index (κ1) is 1.72. The molecule has 3 heteroatoms. The van der Waals surface area contributed by atoms with Gasteiger partial charge in [-0.25, -0.2) is 0 Å². The second kappa shape index (κ2) is 3.02. The van der Waals surface area contributed by atoms with Crippen LogP contribution in [0.1, 0.15) is 21.4 Å². The van der Waals surface area contributed by atoms with E-state index in [2.05, 4.69) is 15.9 Å². The molecule has 0 aliphatic rings. The van der Waals surface area contributed by atoms with E-state index in [1.165, 1.54) is 0 Å². The zero-order valence-electron chi connectivity index (χ0n) is 9.23. The van der Waals surface area contributed by atoms with Crippen LogP contribution >= 0.6 is 15.9 Å². The van der Waals surface area contributed by atoms with E-state index in [1.807, 2.05) is 0 Å². The van der Waals surface area contributed by atoms with E-state index >= 15 is 0 Å². The number of carboxylic acids is 1. The molecule has 1 unspecified atom stereocenters. The van der Waals surface area contributed by atoms with E-state index in [4.69, 9.17) is 13.3 Å². The third-order valence-electron chi connectivity index (χ3n) is 0.298. The molecule has 0 aromatic carbocycles. The molecule has 1 N–H and O–H groups in total. The quantitative estimate of drug-likeness (QED) is 0.638. The molecule has 7 heavy (non-hydrogen) atoms. The van der Waals surface area contributed by atoms with Crippen molar-refractivity contribution in [3.05, 3.63) is 0 Å². The maximum Gasteiger partial charge on any atom is 0.317 e. The van der Waals surface area contributed by atoms with Crippen LogP contribution in [-0.4, -0.2) is 15.9 Å². The molecule has 0 spiro atoms. The Kier molecular flexibility index (Phi) is 0.743. The highest BCUT2D eigenvalue weighted by molar-refractivity contribution is 9.10. The summed E-state index contributed by atoms with van der Waals surface area (Å²) in [5.41, 5.74) is 0. The summed E-state index contributed by atoms with van der Waals surface area (Å²) in [4.78, 5) is 7.52. The number of hydrogen-bond donors (Lipinski definition) is 1. The minimum atomic E-state index is -3.17. The number of hydrogen-bond acceptors (Lipinski definition) is 1. The normalized spacial score (nSPS) is 34.4. The summed E-state index contributed by atoms with van der Waals surface area (Å²) >= 11 is 2.24. The molecule has 0 aromatic heterocycles. The standard InChI is InChI=1S/C4H7BrO2/c1-2-3(5)4(6)7/h3H,2H2,1H3,(H,6,7)/i1D3,2D2,3D. The molecule has 0 saturated heterocycles. The van der Waals surface area contributed by atoms with Gasteiger partial charge in [-0.2, -0.15) is 0 Å². The van der Waals surface area contributed by atoms with Crippen LogP contribution in [0.25, 0.3) is 0 Å². The predicted octanol–water partition coefficient (Wildman–Crippen LogP) is 1.24. The van der Waals surface area contributed by atoms with Gasteiger partial charge in [-0.15, -0.1) is 0 Å². The fourth-order valence-electron chi connectivity index (χ4n) is 0.0535. The molecule has 0 saturated carbocycles. The zero-order chi connectivity index (χ0) is 11.1. The Morgan fingerprint density at radius 2 is 3.14 bits per heavy atom. The highest BCUT2D eigenvalue weighted by Gasteiger charge is 2.07. The van der Waals surface area contributed by atoms with Gasteiger partial charge in [-0.3, -0.25) is 4.79 Å². The van der Waals surface area contributed by atoms with Crippen LogP contribution < -0.4 is 0 Å². The molecular formula is C4H7BrO2. The average molecular weight is 173 g/mol. The van der Waals surface area contributed by atoms with Crippen LogP contribution in [0.3, 0.4) is 0 Å². The van der Waals surface area contributed by atoms with E-state index in [-0.39, 0.29) is 0 Å². The molecule has 0 radical (unpaired) electrons. The Hall–Kier alpha value is -0.0500. The molecule has 42 valence electrons. The summed E-state index contributed by atoms with van der Waals surface area (Å²) in [6.45, 7) is -3.17. The van der Waals surface area contributed by atoms with E-state index in [0.29, 0.717) is 0 Å². The second-order valence-electron chi connectivity index (χ2n) is 0.744. The Morgan fingerprint density at radius 1 is 2.57 bits per heavy atom. The summed E-state index contributed by atoms with van der Waals surface area (Å²) < 4.78 is 41.2. The molecular weight excluding hydrogens is 160 g/mol. The third kappa shape index (κ3) is 2.62. The number of carbonyl (C=O) groups is 1. The second-order valence-corrected chi connectivity index (χ2v) is 1.54. The fraction of sp³-hybridized carbons (Fsp3) is 0.750. The number of alkyl halides is 1. The van der Waals surface area contributed by atoms with Crippen LogP contribution in [0, 0.1) is 0 Å². The Morgan fingerprint density at radius 3 is 3.29 bits per heavy atom. The van der Waals surface area contributed by atoms with E-state index in [9.17, 15) is 4.79 Å². The first-order valence-electron chi connectivity index (χ1n) is 4.37. The van der Waals surface area contributed by atoms with Crippen LogP contribution in [0.2, 0.25) is 0 Å². The molecule has 0 rings (SSSR count). The molecule has 0 fully saturated rings. The Labute approximate surface area is 59.1 Å². The van der Waals surface area contributed by atoms with Crippen molar-refractivity contribution in [1.82, 2.24) is 0 Å². The van der Waals surface area contributed by atoms with Gasteiger partial charge in [-0.05, 0) is 6.37 Å². The van der Waals surface area contributed by atoms with Gasteiger partial charge >= 0.3 is 5.97 Å². The predicted molar refractivity (Wildman–Crippen MR) is 30.6 cm³/mol. The maximum atomic E-state index is 10.4. The first-order valence-corrected chi connectivity index (χ1v) is 2.16. The molecule has 0 aliphatic carbocycles. The topological polar surface area (TPSA) is 37.3 Å². The lowest BCUT2D eigenvalue weighted by molar-refractivity contribution is -0.136. The van der Waals surface area contributed by atoms with Gasteiger partial charge in [0, 0.05) is 6.85 Å². The number of carboxylic acid groups (broad SMARTS) is 1. The lowest BCUT2D eigenvalue weighted by atomic mass is 10.3. The van der Waals surface area contributed by atoms with E-state index < -0.39 is 24.0 Å². The lowest BCUT2D eigenvalue weighted by Gasteiger charge is -1.94. The van der Waals surface area contributed by atoms with Gasteiger partial charge in [0.05, 0.1) is 1.37 Å². The lowest BCUT2D eigenvalue weighted by Crippen LogP contribution is -2.09. The smallest absolute Gasteiger partial charge is 0.317 e. The van der Waals surface area contributed by atoms with Crippen LogP contribution in [0.4, 0.5) is 0 Å². The molecule has 0 heterocycles. The minimum absolute atomic E-state index is 1.88. The van der Waals surface area contributed by atoms with Crippen LogP contribution in [0.5, 0.6) is 0 Å². The SMILES string of the molecule is [2H]C([2H])([2H])C([2H])([2H])C([2H])(Br)C(=O)O. The highest BCUT2D eigenvalue weighted by Crippen LogP contribution is 2.02. The third-order valence-corrected chi connectivity index (χ3v) is 0.835. The van der Waals surface area contributed by atoms with E-state index in [1.54, 1.807) is 0 Å². The largest absolute Gasteiger partial charge is 0.480 e. The average Bonchev–Trinajstić information content (AvgIpc) is 1.84. The van der Waals surface area contributed by atoms with Gasteiger partial charge in [-0.1, -0.05) is 22.8 Å². The molecule has 0 aromatic rings. The summed E-state index contributed by atoms with van der Waals surface area (Å²) in [6, 6.07) is 0. The van der Waals surface area contributed by atoms with Gasteiger partial charge in [0.15, 0.2) is 0 Å². The monoisotopic (exact) mass is 172 g/mol. The summed E-state index contributed by atoms with van der Waals surface area (Å²) in [7, 11) is 0. The molecule has 2 nitrogen and oxygen atoms in total. The van der Waals surface area contributed by atoms with Crippen molar-refractivity contribution in [2.75, 3.05) is 0 Å². The van der Waals surface area contributed by atoms with Crippen LogP contribution in [0.15, 0.2) is 0 Å². The van der Waals surface area contributed by atoms with Gasteiger partial charge in [0.2, 0.25) is 0 Å². The van der Waals surface area contributed by atoms with Crippen LogP contribution in [-0.2, 0) is 4.79 Å². The summed E-state index contributed by atoms with van der Waals surface area (Å²) in [5, 5.41) is 8.42. The van der Waals surface area contributed by atoms with Crippen molar-refractivity contribution in [1.29, 1.82) is 0 Å². The van der Waals surface area contributed by atoms with Crippen molar-refractivity contribution in [3.63, 3.8) is 0 Å². The zero-order valence-corrected chi connectivity index (χ0v) is 4.82. The Balaban J connectivity index is 5.16. The minimum Gasteiger partial charge on any atom is -0.480 e. The molecule has 0 bridgehead atoms. The highest BCUT2D eigenvalue weighted by atomic mass is 79.9. The molecule has 0 aliphatic heterocycles. The van der Waals surface area contributed by atoms with Crippen molar-refractivity contribution in [2.45, 2.75) is 18.0 Å². The van der Waals surface area contributed by atoms with Crippen molar-refractivity contribution < 1.29 is 18.1 Å². The van der Waals surface area contributed by atoms with Gasteiger partial charge in [0.25, 0.3) is 0 Å². The fourth-order valence-corrected chi connectivity index (χ4v) is 0.0535. The Bertz CT molecular complexity index is 221. The summed E-state index contributed by atoms with van der Waals surface area (Å²) in [6.07, 6.45) is -3.16. The van der Waals surface area contributed by atoms with Gasteiger partial charge in [0.1, 0.15) is 4.80 Å².